The number of fused-ring (bicyclic) bond motifs is 1. The van der Waals surface area contributed by atoms with Crippen LogP contribution in [0.25, 0.3) is 5.65 Å². The Kier molecular flexibility index (Phi) is 5.04. The van der Waals surface area contributed by atoms with Crippen molar-refractivity contribution in [1.82, 2.24) is 14.6 Å². The van der Waals surface area contributed by atoms with Crippen molar-refractivity contribution in [2.24, 2.45) is 0 Å². The quantitative estimate of drug-likeness (QED) is 0.669. The van der Waals surface area contributed by atoms with Gasteiger partial charge in [0.25, 0.3) is 0 Å². The first-order valence-electron chi connectivity index (χ1n) is 9.38. The predicted molar refractivity (Wildman–Crippen MR) is 97.3 cm³/mol. The Morgan fingerprint density at radius 2 is 1.80 bits per heavy atom. The van der Waals surface area contributed by atoms with Crippen LogP contribution in [0.3, 0.4) is 0 Å². The number of rotatable bonds is 6. The molecule has 0 aliphatic carbocycles. The topological polar surface area (TPSA) is 51.2 Å². The van der Waals surface area contributed by atoms with Crippen LogP contribution in [0.5, 0.6) is 0 Å². The summed E-state index contributed by atoms with van der Waals surface area (Å²) in [4.78, 5) is 1.72. The average Bonchev–Trinajstić information content (AvgIpc) is 3.07. The summed E-state index contributed by atoms with van der Waals surface area (Å²) in [6, 6.07) is 17.7. The highest BCUT2D eigenvalue weighted by molar-refractivity contribution is 5.36. The summed E-state index contributed by atoms with van der Waals surface area (Å²) in [6.07, 6.45) is 5.64. The summed E-state index contributed by atoms with van der Waals surface area (Å²) in [7, 11) is 0. The predicted octanol–water partition coefficient (Wildman–Crippen LogP) is 0.0827. The summed E-state index contributed by atoms with van der Waals surface area (Å²) >= 11 is 0. The molecule has 2 aromatic heterocycles. The van der Waals surface area contributed by atoms with E-state index in [-0.39, 0.29) is 0 Å². The van der Waals surface area contributed by atoms with Gasteiger partial charge in [0.15, 0.2) is 5.65 Å². The number of pyridine rings is 1. The molecule has 3 heterocycles. The molecule has 0 radical (unpaired) electrons. The molecule has 1 aromatic carbocycles. The molecule has 0 unspecified atom stereocenters. The number of hydrogen-bond acceptors (Lipinski definition) is 2. The Labute approximate surface area is 148 Å². The minimum absolute atomic E-state index is 0.763. The molecule has 0 atom stereocenters. The van der Waals surface area contributed by atoms with Gasteiger partial charge >= 0.3 is 0 Å². The van der Waals surface area contributed by atoms with Crippen molar-refractivity contribution in [2.75, 3.05) is 19.6 Å². The van der Waals surface area contributed by atoms with Crippen LogP contribution in [-0.2, 0) is 13.0 Å². The smallest absolute Gasteiger partial charge is 0.160 e. The van der Waals surface area contributed by atoms with Crippen molar-refractivity contribution in [3.8, 4) is 0 Å². The van der Waals surface area contributed by atoms with Crippen LogP contribution in [-0.4, -0.2) is 40.3 Å². The Bertz CT molecular complexity index is 790. The number of likely N-dealkylation sites (tertiary alicyclic amines) is 1. The van der Waals surface area contributed by atoms with Crippen molar-refractivity contribution >= 4 is 5.65 Å². The number of quaternary nitrogens is 2. The first kappa shape index (κ1) is 16.2. The van der Waals surface area contributed by atoms with Gasteiger partial charge in [0.05, 0.1) is 32.1 Å². The van der Waals surface area contributed by atoms with Crippen LogP contribution in [0.1, 0.15) is 24.2 Å². The maximum absolute atomic E-state index is 4.33. The van der Waals surface area contributed by atoms with E-state index in [4.69, 9.17) is 0 Å². The molecule has 25 heavy (non-hydrogen) atoms. The lowest BCUT2D eigenvalue weighted by molar-refractivity contribution is -0.926. The fraction of sp³-hybridized carbons (Fsp3) is 0.400. The van der Waals surface area contributed by atoms with Gasteiger partial charge in [-0.2, -0.15) is 0 Å². The lowest BCUT2D eigenvalue weighted by Gasteiger charge is -2.28. The van der Waals surface area contributed by atoms with Crippen molar-refractivity contribution in [3.05, 3.63) is 66.1 Å². The van der Waals surface area contributed by atoms with Gasteiger partial charge in [0, 0.05) is 24.6 Å². The fourth-order valence-corrected chi connectivity index (χ4v) is 3.85. The lowest BCUT2D eigenvalue weighted by Crippen LogP contribution is -3.13. The van der Waals surface area contributed by atoms with Crippen molar-refractivity contribution < 1.29 is 10.2 Å². The molecule has 0 bridgehead atoms. The number of nitrogens with one attached hydrogen (secondary N) is 1. The second-order valence-electron chi connectivity index (χ2n) is 7.07. The number of aromatic nitrogens is 3. The van der Waals surface area contributed by atoms with Crippen molar-refractivity contribution in [1.29, 1.82) is 0 Å². The van der Waals surface area contributed by atoms with E-state index < -0.39 is 0 Å². The Balaban J connectivity index is 1.21. The average molecular weight is 337 g/mol. The van der Waals surface area contributed by atoms with Crippen LogP contribution >= 0.6 is 0 Å². The fourth-order valence-electron chi connectivity index (χ4n) is 3.85. The molecule has 1 saturated heterocycles. The second kappa shape index (κ2) is 7.76. The standard InChI is InChI=1S/C20H25N5/c1-2-6-17(7-3-1)16-24-14-10-18(11-15-24)21-12-9-20-23-22-19-8-4-5-13-25(19)20/h1-8,13,18,21H,9-12,14-16H2/p+2. The number of nitrogens with two attached hydrogens (primary N) is 1. The van der Waals surface area contributed by atoms with Crippen LogP contribution in [0.15, 0.2) is 54.7 Å². The molecule has 5 nitrogen and oxygen atoms in total. The molecule has 5 heteroatoms. The number of benzene rings is 1. The molecule has 130 valence electrons. The molecule has 4 rings (SSSR count). The minimum Gasteiger partial charge on any atom is -0.343 e. The van der Waals surface area contributed by atoms with Gasteiger partial charge in [-0.05, 0) is 12.1 Å². The Morgan fingerprint density at radius 3 is 2.64 bits per heavy atom. The van der Waals surface area contributed by atoms with Gasteiger partial charge in [-0.3, -0.25) is 4.40 Å². The molecule has 3 aromatic rings. The van der Waals surface area contributed by atoms with Crippen LogP contribution in [0.4, 0.5) is 0 Å². The van der Waals surface area contributed by atoms with Gasteiger partial charge in [0.2, 0.25) is 0 Å². The minimum atomic E-state index is 0.763. The summed E-state index contributed by atoms with van der Waals surface area (Å²) in [5, 5.41) is 11.1. The van der Waals surface area contributed by atoms with E-state index in [9.17, 15) is 0 Å². The zero-order valence-corrected chi connectivity index (χ0v) is 14.6. The summed E-state index contributed by atoms with van der Waals surface area (Å²) < 4.78 is 2.10. The Hall–Kier alpha value is -2.24. The lowest BCUT2D eigenvalue weighted by atomic mass is 10.0. The highest BCUT2D eigenvalue weighted by Gasteiger charge is 2.24. The SMILES string of the molecule is c1ccc(C[NH+]2CCC([NH2+]CCc3nnc4ccccn34)CC2)cc1. The molecule has 0 amide bonds. The molecule has 3 N–H and O–H groups in total. The summed E-state index contributed by atoms with van der Waals surface area (Å²) in [6.45, 7) is 4.82. The highest BCUT2D eigenvalue weighted by Crippen LogP contribution is 2.03. The van der Waals surface area contributed by atoms with Crippen molar-refractivity contribution in [3.63, 3.8) is 0 Å². The third-order valence-electron chi connectivity index (χ3n) is 5.29. The van der Waals surface area contributed by atoms with E-state index >= 15 is 0 Å². The normalized spacial score (nSPS) is 20.8. The van der Waals surface area contributed by atoms with E-state index in [0.717, 1.165) is 30.5 Å². The Morgan fingerprint density at radius 1 is 1.00 bits per heavy atom. The van der Waals surface area contributed by atoms with Gasteiger partial charge in [0.1, 0.15) is 12.4 Å². The molecule has 1 fully saturated rings. The van der Waals surface area contributed by atoms with Gasteiger partial charge < -0.3 is 10.2 Å². The van der Waals surface area contributed by atoms with E-state index in [0.29, 0.717) is 0 Å². The zero-order valence-electron chi connectivity index (χ0n) is 14.6. The molecule has 1 aliphatic heterocycles. The van der Waals surface area contributed by atoms with Crippen molar-refractivity contribution in [2.45, 2.75) is 31.8 Å². The summed E-state index contributed by atoms with van der Waals surface area (Å²) in [5.41, 5.74) is 2.40. The third kappa shape index (κ3) is 4.06. The zero-order chi connectivity index (χ0) is 16.9. The molecular formula is C20H27N5+2. The van der Waals surface area contributed by atoms with Crippen LogP contribution < -0.4 is 10.2 Å². The van der Waals surface area contributed by atoms with Gasteiger partial charge in [-0.15, -0.1) is 10.2 Å². The third-order valence-corrected chi connectivity index (χ3v) is 5.29. The van der Waals surface area contributed by atoms with E-state index in [1.807, 2.05) is 18.2 Å². The number of piperidine rings is 1. The molecular weight excluding hydrogens is 310 g/mol. The number of nitrogens with zero attached hydrogens (tertiary/aromatic N) is 3. The first-order chi connectivity index (χ1) is 12.4. The summed E-state index contributed by atoms with van der Waals surface area (Å²) in [5.74, 6) is 1.07. The molecule has 0 saturated carbocycles. The maximum atomic E-state index is 4.33. The highest BCUT2D eigenvalue weighted by atomic mass is 15.2. The monoisotopic (exact) mass is 337 g/mol. The molecule has 0 spiro atoms. The van der Waals surface area contributed by atoms with Crippen LogP contribution in [0.2, 0.25) is 0 Å². The second-order valence-corrected chi connectivity index (χ2v) is 7.07. The molecule has 1 aliphatic rings. The van der Waals surface area contributed by atoms with E-state index in [1.54, 1.807) is 4.90 Å². The number of hydrogen-bond donors (Lipinski definition) is 2. The van der Waals surface area contributed by atoms with E-state index in [2.05, 4.69) is 56.4 Å². The van der Waals surface area contributed by atoms with Gasteiger partial charge in [-0.1, -0.05) is 36.4 Å². The first-order valence-corrected chi connectivity index (χ1v) is 9.38. The van der Waals surface area contributed by atoms with Gasteiger partial charge in [-0.25, -0.2) is 0 Å². The van der Waals surface area contributed by atoms with E-state index in [1.165, 1.54) is 38.0 Å². The van der Waals surface area contributed by atoms with Crippen LogP contribution in [0, 0.1) is 0 Å². The maximum Gasteiger partial charge on any atom is 0.160 e. The largest absolute Gasteiger partial charge is 0.343 e.